The van der Waals surface area contributed by atoms with Crippen molar-refractivity contribution in [3.63, 3.8) is 0 Å². The summed E-state index contributed by atoms with van der Waals surface area (Å²) in [4.78, 5) is 52.9. The van der Waals surface area contributed by atoms with Gasteiger partial charge in [-0.2, -0.15) is 0 Å². The molecule has 166 valence electrons. The molecule has 1 saturated heterocycles. The summed E-state index contributed by atoms with van der Waals surface area (Å²) < 4.78 is 5.24. The van der Waals surface area contributed by atoms with Crippen LogP contribution < -0.4 is 20.7 Å². The molecule has 2 aliphatic rings. The van der Waals surface area contributed by atoms with Crippen LogP contribution in [0, 0.1) is 5.92 Å². The molecule has 9 heteroatoms. The van der Waals surface area contributed by atoms with E-state index in [4.69, 9.17) is 4.74 Å². The maximum Gasteiger partial charge on any atom is 0.254 e. The first kappa shape index (κ1) is 22.3. The van der Waals surface area contributed by atoms with Gasteiger partial charge in [0.2, 0.25) is 17.7 Å². The van der Waals surface area contributed by atoms with E-state index in [0.717, 1.165) is 0 Å². The summed E-state index contributed by atoms with van der Waals surface area (Å²) in [5.74, 6) is -1.32. The topological polar surface area (TPSA) is 117 Å². The van der Waals surface area contributed by atoms with Crippen molar-refractivity contribution in [2.45, 2.75) is 45.2 Å². The molecule has 0 aromatic heterocycles. The highest BCUT2D eigenvalue weighted by atomic mass is 16.5. The zero-order valence-corrected chi connectivity index (χ0v) is 17.9. The Morgan fingerprint density at radius 1 is 1.19 bits per heavy atom. The van der Waals surface area contributed by atoms with Crippen LogP contribution >= 0.6 is 0 Å². The predicted molar refractivity (Wildman–Crippen MR) is 114 cm³/mol. The molecule has 0 aliphatic carbocycles. The maximum atomic E-state index is 13.1. The molecular formula is C22H28N4O5. The number of carbonyl (C=O) groups is 4. The summed E-state index contributed by atoms with van der Waals surface area (Å²) in [6.07, 6.45) is 4.36. The number of hydrogen-bond acceptors (Lipinski definition) is 5. The molecule has 3 N–H and O–H groups in total. The van der Waals surface area contributed by atoms with Gasteiger partial charge in [0.05, 0.1) is 18.4 Å². The van der Waals surface area contributed by atoms with Crippen molar-refractivity contribution in [2.75, 3.05) is 19.0 Å². The molecule has 1 fully saturated rings. The van der Waals surface area contributed by atoms with Crippen LogP contribution in [0.15, 0.2) is 30.5 Å². The first-order valence-electron chi connectivity index (χ1n) is 10.4. The fourth-order valence-corrected chi connectivity index (χ4v) is 3.77. The molecule has 1 aromatic carbocycles. The predicted octanol–water partition coefficient (Wildman–Crippen LogP) is 1.41. The maximum absolute atomic E-state index is 13.1. The quantitative estimate of drug-likeness (QED) is 0.673. The van der Waals surface area contributed by atoms with Crippen LogP contribution in [-0.4, -0.2) is 54.3 Å². The van der Waals surface area contributed by atoms with Gasteiger partial charge in [-0.3, -0.25) is 19.2 Å². The average molecular weight is 428 g/mol. The largest absolute Gasteiger partial charge is 0.497 e. The minimum Gasteiger partial charge on any atom is -0.497 e. The summed E-state index contributed by atoms with van der Waals surface area (Å²) in [7, 11) is 1.49. The highest BCUT2D eigenvalue weighted by Gasteiger charge is 2.34. The molecule has 0 radical (unpaired) electrons. The van der Waals surface area contributed by atoms with E-state index in [9.17, 15) is 19.2 Å². The number of nitrogens with zero attached hydrogens (tertiary/aromatic N) is 1. The number of benzene rings is 1. The molecule has 3 atom stereocenters. The van der Waals surface area contributed by atoms with E-state index in [2.05, 4.69) is 16.0 Å². The summed E-state index contributed by atoms with van der Waals surface area (Å²) in [5, 5.41) is 8.13. The number of ether oxygens (including phenoxy) is 1. The van der Waals surface area contributed by atoms with Gasteiger partial charge in [0.15, 0.2) is 0 Å². The van der Waals surface area contributed by atoms with Gasteiger partial charge < -0.3 is 25.6 Å². The van der Waals surface area contributed by atoms with E-state index >= 15 is 0 Å². The van der Waals surface area contributed by atoms with E-state index in [1.807, 2.05) is 13.8 Å². The van der Waals surface area contributed by atoms with Gasteiger partial charge in [0.25, 0.3) is 5.91 Å². The third-order valence-corrected chi connectivity index (χ3v) is 5.80. The molecular weight excluding hydrogens is 400 g/mol. The fourth-order valence-electron chi connectivity index (χ4n) is 3.77. The highest BCUT2D eigenvalue weighted by molar-refractivity contribution is 6.07. The van der Waals surface area contributed by atoms with Crippen LogP contribution in [0.5, 0.6) is 5.75 Å². The van der Waals surface area contributed by atoms with Crippen LogP contribution in [0.1, 0.15) is 43.5 Å². The molecule has 2 heterocycles. The van der Waals surface area contributed by atoms with Gasteiger partial charge in [-0.25, -0.2) is 0 Å². The number of nitrogens with one attached hydrogen (secondary N) is 3. The van der Waals surface area contributed by atoms with Gasteiger partial charge in [-0.05, 0) is 30.9 Å². The number of fused-ring (bicyclic) bond motifs is 2. The number of carbonyl (C=O) groups excluding carboxylic acids is 4. The smallest absolute Gasteiger partial charge is 0.254 e. The second kappa shape index (κ2) is 9.63. The second-order valence-electron chi connectivity index (χ2n) is 7.77. The zero-order valence-electron chi connectivity index (χ0n) is 17.9. The Bertz CT molecular complexity index is 913. The highest BCUT2D eigenvalue weighted by Crippen LogP contribution is 2.26. The lowest BCUT2D eigenvalue weighted by atomic mass is 9.97. The molecule has 4 amide bonds. The third-order valence-electron chi connectivity index (χ3n) is 5.80. The first-order valence-corrected chi connectivity index (χ1v) is 10.4. The van der Waals surface area contributed by atoms with Crippen LogP contribution in [0.2, 0.25) is 0 Å². The lowest BCUT2D eigenvalue weighted by Crippen LogP contribution is -2.49. The molecule has 9 nitrogen and oxygen atoms in total. The molecule has 0 bridgehead atoms. The van der Waals surface area contributed by atoms with Crippen molar-refractivity contribution in [1.82, 2.24) is 15.5 Å². The number of amides is 4. The summed E-state index contributed by atoms with van der Waals surface area (Å²) in [5.41, 5.74) is 0.468. The normalized spacial score (nSPS) is 24.2. The van der Waals surface area contributed by atoms with Crippen molar-refractivity contribution < 1.29 is 23.9 Å². The third kappa shape index (κ3) is 4.87. The number of rotatable bonds is 3. The lowest BCUT2D eigenvalue weighted by molar-refractivity contribution is -0.132. The first-order chi connectivity index (χ1) is 14.8. The Hall–Kier alpha value is -3.36. The van der Waals surface area contributed by atoms with E-state index in [-0.39, 0.29) is 29.0 Å². The van der Waals surface area contributed by atoms with Gasteiger partial charge in [-0.15, -0.1) is 0 Å². The monoisotopic (exact) mass is 428 g/mol. The minimum atomic E-state index is -0.814. The van der Waals surface area contributed by atoms with Crippen LogP contribution in [0.3, 0.4) is 0 Å². The van der Waals surface area contributed by atoms with Crippen molar-refractivity contribution in [1.29, 1.82) is 0 Å². The minimum absolute atomic E-state index is 0.153. The van der Waals surface area contributed by atoms with Gasteiger partial charge in [0, 0.05) is 24.9 Å². The van der Waals surface area contributed by atoms with E-state index < -0.39 is 23.9 Å². The van der Waals surface area contributed by atoms with E-state index in [1.54, 1.807) is 18.2 Å². The molecule has 0 saturated carbocycles. The SMILES string of the molecule is CCC(C)C1NC(=O)c2ccc(OC)cc2NC(=O)C2CCCN2C(=O)/C=C\NC1=O. The van der Waals surface area contributed by atoms with E-state index in [0.29, 0.717) is 31.6 Å². The molecule has 3 rings (SSSR count). The van der Waals surface area contributed by atoms with E-state index in [1.165, 1.54) is 24.3 Å². The Balaban J connectivity index is 2.04. The van der Waals surface area contributed by atoms with Crippen molar-refractivity contribution >= 4 is 29.3 Å². The zero-order chi connectivity index (χ0) is 22.5. The Morgan fingerprint density at radius 3 is 2.68 bits per heavy atom. The number of methoxy groups -OCH3 is 1. The summed E-state index contributed by atoms with van der Waals surface area (Å²) in [6, 6.07) is 3.23. The van der Waals surface area contributed by atoms with Gasteiger partial charge in [-0.1, -0.05) is 20.3 Å². The van der Waals surface area contributed by atoms with Crippen molar-refractivity contribution in [3.8, 4) is 5.75 Å². The molecule has 3 unspecified atom stereocenters. The lowest BCUT2D eigenvalue weighted by Gasteiger charge is -2.26. The molecule has 2 aliphatic heterocycles. The van der Waals surface area contributed by atoms with Crippen LogP contribution in [-0.2, 0) is 14.4 Å². The van der Waals surface area contributed by atoms with Crippen LogP contribution in [0.4, 0.5) is 5.69 Å². The molecule has 1 aromatic rings. The van der Waals surface area contributed by atoms with Crippen molar-refractivity contribution in [2.24, 2.45) is 5.92 Å². The van der Waals surface area contributed by atoms with Gasteiger partial charge >= 0.3 is 0 Å². The Labute approximate surface area is 181 Å². The second-order valence-corrected chi connectivity index (χ2v) is 7.77. The van der Waals surface area contributed by atoms with Crippen LogP contribution in [0.25, 0.3) is 0 Å². The molecule has 0 spiro atoms. The standard InChI is InChI=1S/C22H28N4O5/c1-4-13(2)19-22(30)23-10-9-18(27)26-11-5-6-17(26)21(29)24-16-12-14(31-3)7-8-15(16)20(28)25-19/h7-10,12-13,17,19H,4-6,11H2,1-3H3,(H,23,30)(H,24,29)(H,25,28)/b10-9-. The molecule has 31 heavy (non-hydrogen) atoms. The number of anilines is 1. The Morgan fingerprint density at radius 2 is 1.97 bits per heavy atom. The fraction of sp³-hybridized carbons (Fsp3) is 0.455. The van der Waals surface area contributed by atoms with Gasteiger partial charge in [0.1, 0.15) is 17.8 Å². The summed E-state index contributed by atoms with van der Waals surface area (Å²) >= 11 is 0. The Kier molecular flexibility index (Phi) is 6.94. The number of hydrogen-bond donors (Lipinski definition) is 3. The summed E-state index contributed by atoms with van der Waals surface area (Å²) in [6.45, 7) is 4.21. The van der Waals surface area contributed by atoms with Crippen molar-refractivity contribution in [3.05, 3.63) is 36.0 Å². The average Bonchev–Trinajstić information content (AvgIpc) is 3.26.